The topological polar surface area (TPSA) is 66.8 Å². The van der Waals surface area contributed by atoms with Crippen LogP contribution in [0.25, 0.3) is 6.08 Å². The minimum Gasteiger partial charge on any atom is -0.490 e. The van der Waals surface area contributed by atoms with E-state index in [-0.39, 0.29) is 11.5 Å². The first-order valence-electron chi connectivity index (χ1n) is 7.94. The van der Waals surface area contributed by atoms with E-state index in [0.29, 0.717) is 27.3 Å². The molecule has 1 N–H and O–H groups in total. The van der Waals surface area contributed by atoms with Gasteiger partial charge >= 0.3 is 5.97 Å². The quantitative estimate of drug-likeness (QED) is 0.444. The molecule has 1 fully saturated rings. The second kappa shape index (κ2) is 8.20. The number of aromatic carboxylic acids is 1. The zero-order chi connectivity index (χ0) is 19.4. The maximum atomic E-state index is 12.8. The number of thioether (sulfide) groups is 1. The number of nitrogens with zero attached hydrogens (tertiary/aromatic N) is 1. The summed E-state index contributed by atoms with van der Waals surface area (Å²) in [6.07, 6.45) is 3.41. The SMILES string of the molecule is C=CCOc1ccc(C=C2SC(=S)N(c3cccc(C(=O)O)c3)C2=O)cc1. The first kappa shape index (κ1) is 18.9. The van der Waals surface area contributed by atoms with Gasteiger partial charge in [0.2, 0.25) is 0 Å². The van der Waals surface area contributed by atoms with Crippen LogP contribution in [0.5, 0.6) is 5.75 Å². The summed E-state index contributed by atoms with van der Waals surface area (Å²) in [5.41, 5.74) is 1.37. The van der Waals surface area contributed by atoms with Gasteiger partial charge in [0, 0.05) is 0 Å². The highest BCUT2D eigenvalue weighted by Crippen LogP contribution is 2.36. The van der Waals surface area contributed by atoms with Crippen LogP contribution in [0.1, 0.15) is 15.9 Å². The van der Waals surface area contributed by atoms with Gasteiger partial charge in [-0.25, -0.2) is 4.79 Å². The zero-order valence-corrected chi connectivity index (χ0v) is 15.8. The third-order valence-electron chi connectivity index (χ3n) is 3.69. The largest absolute Gasteiger partial charge is 0.490 e. The summed E-state index contributed by atoms with van der Waals surface area (Å²) in [6, 6.07) is 13.5. The predicted molar refractivity (Wildman–Crippen MR) is 111 cm³/mol. The second-order valence-corrected chi connectivity index (χ2v) is 7.22. The number of carboxylic acid groups (broad SMARTS) is 1. The van der Waals surface area contributed by atoms with Crippen molar-refractivity contribution in [2.45, 2.75) is 0 Å². The van der Waals surface area contributed by atoms with Crippen LogP contribution in [0.4, 0.5) is 5.69 Å². The number of carbonyl (C=O) groups is 2. The van der Waals surface area contributed by atoms with Crippen molar-refractivity contribution in [1.29, 1.82) is 0 Å². The molecular formula is C20H15NO4S2. The number of hydrogen-bond acceptors (Lipinski definition) is 5. The van der Waals surface area contributed by atoms with Crippen molar-refractivity contribution in [2.75, 3.05) is 11.5 Å². The van der Waals surface area contributed by atoms with Crippen LogP contribution >= 0.6 is 24.0 Å². The minimum atomic E-state index is -1.06. The molecule has 136 valence electrons. The highest BCUT2D eigenvalue weighted by atomic mass is 32.2. The van der Waals surface area contributed by atoms with E-state index < -0.39 is 5.97 Å². The highest BCUT2D eigenvalue weighted by Gasteiger charge is 2.33. The van der Waals surface area contributed by atoms with E-state index in [2.05, 4.69) is 6.58 Å². The molecule has 5 nitrogen and oxygen atoms in total. The predicted octanol–water partition coefficient (Wildman–Crippen LogP) is 4.36. The lowest BCUT2D eigenvalue weighted by Crippen LogP contribution is -2.27. The monoisotopic (exact) mass is 397 g/mol. The van der Waals surface area contributed by atoms with Crippen molar-refractivity contribution in [3.8, 4) is 5.75 Å². The van der Waals surface area contributed by atoms with Crippen LogP contribution < -0.4 is 9.64 Å². The number of thiocarbonyl (C=S) groups is 1. The lowest BCUT2D eigenvalue weighted by molar-refractivity contribution is -0.113. The Bertz CT molecular complexity index is 951. The lowest BCUT2D eigenvalue weighted by atomic mass is 10.1. The molecule has 1 amide bonds. The number of carboxylic acids is 1. The summed E-state index contributed by atoms with van der Waals surface area (Å²) < 4.78 is 5.80. The molecule has 0 unspecified atom stereocenters. The first-order chi connectivity index (χ1) is 13.0. The summed E-state index contributed by atoms with van der Waals surface area (Å²) in [4.78, 5) is 25.8. The molecule has 7 heteroatoms. The summed E-state index contributed by atoms with van der Waals surface area (Å²) in [5.74, 6) is -0.624. The normalized spacial score (nSPS) is 15.3. The number of anilines is 1. The van der Waals surface area contributed by atoms with E-state index in [1.54, 1.807) is 24.3 Å². The fourth-order valence-corrected chi connectivity index (χ4v) is 3.73. The van der Waals surface area contributed by atoms with Crippen LogP contribution in [0.2, 0.25) is 0 Å². The van der Waals surface area contributed by atoms with Crippen LogP contribution in [0.15, 0.2) is 66.1 Å². The van der Waals surface area contributed by atoms with E-state index in [1.807, 2.05) is 24.3 Å². The van der Waals surface area contributed by atoms with Gasteiger partial charge in [-0.3, -0.25) is 9.69 Å². The Morgan fingerprint density at radius 3 is 2.67 bits per heavy atom. The van der Waals surface area contributed by atoms with Gasteiger partial charge in [0.25, 0.3) is 5.91 Å². The first-order valence-corrected chi connectivity index (χ1v) is 9.17. The Labute approximate surface area is 165 Å². The number of amides is 1. The maximum absolute atomic E-state index is 12.8. The van der Waals surface area contributed by atoms with E-state index >= 15 is 0 Å². The third-order valence-corrected chi connectivity index (χ3v) is 4.99. The van der Waals surface area contributed by atoms with Crippen LogP contribution in [-0.2, 0) is 4.79 Å². The summed E-state index contributed by atoms with van der Waals surface area (Å²) in [6.45, 7) is 4.02. The molecule has 0 saturated carbocycles. The minimum absolute atomic E-state index is 0.0978. The zero-order valence-electron chi connectivity index (χ0n) is 14.1. The Morgan fingerprint density at radius 2 is 2.00 bits per heavy atom. The molecular weight excluding hydrogens is 382 g/mol. The molecule has 1 aliphatic rings. The molecule has 1 saturated heterocycles. The molecule has 27 heavy (non-hydrogen) atoms. The number of hydrogen-bond donors (Lipinski definition) is 1. The lowest BCUT2D eigenvalue weighted by Gasteiger charge is -2.14. The molecule has 3 rings (SSSR count). The van der Waals surface area contributed by atoms with Gasteiger partial charge in [-0.15, -0.1) is 0 Å². The smallest absolute Gasteiger partial charge is 0.335 e. The van der Waals surface area contributed by atoms with Gasteiger partial charge in [-0.05, 0) is 42.0 Å². The molecule has 0 radical (unpaired) electrons. The molecule has 0 aliphatic carbocycles. The average molecular weight is 397 g/mol. The number of carbonyl (C=O) groups excluding carboxylic acids is 1. The van der Waals surface area contributed by atoms with E-state index in [1.165, 1.54) is 28.8 Å². The number of rotatable bonds is 6. The molecule has 1 aliphatic heterocycles. The fraction of sp³-hybridized carbons (Fsp3) is 0.0500. The fourth-order valence-electron chi connectivity index (χ4n) is 2.44. The molecule has 0 atom stereocenters. The van der Waals surface area contributed by atoms with E-state index in [4.69, 9.17) is 22.1 Å². The maximum Gasteiger partial charge on any atom is 0.335 e. The molecule has 0 aromatic heterocycles. The molecule has 0 spiro atoms. The molecule has 2 aromatic rings. The Morgan fingerprint density at radius 1 is 1.26 bits per heavy atom. The average Bonchev–Trinajstić information content (AvgIpc) is 2.94. The Balaban J connectivity index is 1.83. The van der Waals surface area contributed by atoms with Gasteiger partial charge in [-0.1, -0.05) is 54.8 Å². The molecule has 2 aromatic carbocycles. The second-order valence-electron chi connectivity index (χ2n) is 5.54. The van der Waals surface area contributed by atoms with Gasteiger partial charge in [0.05, 0.1) is 16.2 Å². The van der Waals surface area contributed by atoms with E-state index in [9.17, 15) is 9.59 Å². The Kier molecular flexibility index (Phi) is 5.73. The van der Waals surface area contributed by atoms with Crippen molar-refractivity contribution in [3.63, 3.8) is 0 Å². The van der Waals surface area contributed by atoms with Gasteiger partial charge in [0.1, 0.15) is 12.4 Å². The standard InChI is InChI=1S/C20H15NO4S2/c1-2-10-25-16-8-6-13(7-9-16)11-17-18(22)21(20(26)27-17)15-5-3-4-14(12-15)19(23)24/h2-9,11-12H,1,10H2,(H,23,24). The molecule has 1 heterocycles. The summed E-state index contributed by atoms with van der Waals surface area (Å²) in [7, 11) is 0. The molecule has 0 bridgehead atoms. The van der Waals surface area contributed by atoms with Crippen LogP contribution in [0, 0.1) is 0 Å². The highest BCUT2D eigenvalue weighted by molar-refractivity contribution is 8.27. The van der Waals surface area contributed by atoms with Crippen molar-refractivity contribution >= 4 is 51.9 Å². The van der Waals surface area contributed by atoms with Crippen LogP contribution in [-0.4, -0.2) is 27.9 Å². The van der Waals surface area contributed by atoms with Gasteiger partial charge in [-0.2, -0.15) is 0 Å². The van der Waals surface area contributed by atoms with Crippen molar-refractivity contribution < 1.29 is 19.4 Å². The van der Waals surface area contributed by atoms with Crippen LogP contribution in [0.3, 0.4) is 0 Å². The van der Waals surface area contributed by atoms with Crippen molar-refractivity contribution in [1.82, 2.24) is 0 Å². The van der Waals surface area contributed by atoms with Crippen molar-refractivity contribution in [3.05, 3.63) is 77.2 Å². The number of ether oxygens (including phenoxy) is 1. The summed E-state index contributed by atoms with van der Waals surface area (Å²) in [5, 5.41) is 9.14. The third kappa shape index (κ3) is 4.27. The van der Waals surface area contributed by atoms with Gasteiger partial charge in [0.15, 0.2) is 4.32 Å². The summed E-state index contributed by atoms with van der Waals surface area (Å²) >= 11 is 6.50. The van der Waals surface area contributed by atoms with Crippen molar-refractivity contribution in [2.24, 2.45) is 0 Å². The Hall–Kier alpha value is -2.90. The number of benzene rings is 2. The van der Waals surface area contributed by atoms with Gasteiger partial charge < -0.3 is 9.84 Å². The van der Waals surface area contributed by atoms with E-state index in [0.717, 1.165) is 5.56 Å².